The van der Waals surface area contributed by atoms with Crippen LogP contribution in [-0.2, 0) is 0 Å². The van der Waals surface area contributed by atoms with Crippen LogP contribution in [0, 0.1) is 5.82 Å². The van der Waals surface area contributed by atoms with Crippen LogP contribution in [0.2, 0.25) is 0 Å². The highest BCUT2D eigenvalue weighted by atomic mass is 79.9. The standard InChI is InChI=1S/C15H13BrFNO2/c1-9(11-4-2-3-5-13(11)17)18-14-8-10(16)6-7-12(14)15(19)20/h2-9,18H,1H3,(H,19,20). The fourth-order valence-electron chi connectivity index (χ4n) is 1.96. The number of carboxylic acids is 1. The molecule has 2 aromatic rings. The third-order valence-corrected chi connectivity index (χ3v) is 3.45. The zero-order valence-corrected chi connectivity index (χ0v) is 12.3. The molecule has 0 aliphatic rings. The second kappa shape index (κ2) is 6.05. The van der Waals surface area contributed by atoms with Crippen molar-refractivity contribution in [3.05, 3.63) is 63.9 Å². The van der Waals surface area contributed by atoms with E-state index in [1.165, 1.54) is 12.1 Å². The van der Waals surface area contributed by atoms with Gasteiger partial charge in [0.25, 0.3) is 0 Å². The van der Waals surface area contributed by atoms with Crippen molar-refractivity contribution in [3.63, 3.8) is 0 Å². The zero-order chi connectivity index (χ0) is 14.7. The van der Waals surface area contributed by atoms with Crippen molar-refractivity contribution in [1.82, 2.24) is 0 Å². The van der Waals surface area contributed by atoms with Crippen molar-refractivity contribution >= 4 is 27.6 Å². The van der Waals surface area contributed by atoms with E-state index in [4.69, 9.17) is 5.11 Å². The lowest BCUT2D eigenvalue weighted by Gasteiger charge is -2.18. The Hall–Kier alpha value is -1.88. The molecule has 1 atom stereocenters. The van der Waals surface area contributed by atoms with E-state index in [2.05, 4.69) is 21.2 Å². The number of hydrogen-bond acceptors (Lipinski definition) is 2. The van der Waals surface area contributed by atoms with Crippen molar-refractivity contribution in [2.45, 2.75) is 13.0 Å². The SMILES string of the molecule is CC(Nc1cc(Br)ccc1C(=O)O)c1ccccc1F. The summed E-state index contributed by atoms with van der Waals surface area (Å²) in [5.41, 5.74) is 1.09. The van der Waals surface area contributed by atoms with E-state index in [0.29, 0.717) is 11.3 Å². The highest BCUT2D eigenvalue weighted by molar-refractivity contribution is 9.10. The smallest absolute Gasteiger partial charge is 0.337 e. The highest BCUT2D eigenvalue weighted by Crippen LogP contribution is 2.27. The first-order valence-electron chi connectivity index (χ1n) is 6.03. The van der Waals surface area contributed by atoms with Gasteiger partial charge < -0.3 is 10.4 Å². The Balaban J connectivity index is 2.32. The quantitative estimate of drug-likeness (QED) is 0.865. The lowest BCUT2D eigenvalue weighted by Crippen LogP contribution is -2.12. The molecule has 0 aromatic heterocycles. The van der Waals surface area contributed by atoms with Gasteiger partial charge in [-0.3, -0.25) is 0 Å². The Kier molecular flexibility index (Phi) is 4.39. The molecular formula is C15H13BrFNO2. The summed E-state index contributed by atoms with van der Waals surface area (Å²) in [6.07, 6.45) is 0. The molecule has 2 N–H and O–H groups in total. The number of nitrogens with one attached hydrogen (secondary N) is 1. The largest absolute Gasteiger partial charge is 0.478 e. The minimum absolute atomic E-state index is 0.149. The summed E-state index contributed by atoms with van der Waals surface area (Å²) in [6, 6.07) is 10.9. The van der Waals surface area contributed by atoms with Gasteiger partial charge in [0.2, 0.25) is 0 Å². The van der Waals surface area contributed by atoms with E-state index >= 15 is 0 Å². The lowest BCUT2D eigenvalue weighted by atomic mass is 10.1. The third-order valence-electron chi connectivity index (χ3n) is 2.96. The van der Waals surface area contributed by atoms with Crippen LogP contribution in [0.4, 0.5) is 10.1 Å². The van der Waals surface area contributed by atoms with Gasteiger partial charge in [-0.15, -0.1) is 0 Å². The van der Waals surface area contributed by atoms with E-state index in [1.807, 2.05) is 0 Å². The number of aromatic carboxylic acids is 1. The van der Waals surface area contributed by atoms with Gasteiger partial charge >= 0.3 is 5.97 Å². The zero-order valence-electron chi connectivity index (χ0n) is 10.7. The van der Waals surface area contributed by atoms with E-state index in [1.54, 1.807) is 37.3 Å². The third kappa shape index (κ3) is 3.17. The molecule has 2 rings (SSSR count). The Labute approximate surface area is 124 Å². The number of rotatable bonds is 4. The second-order valence-corrected chi connectivity index (χ2v) is 5.30. The van der Waals surface area contributed by atoms with Gasteiger partial charge in [0.1, 0.15) is 5.82 Å². The molecule has 1 unspecified atom stereocenters. The maximum absolute atomic E-state index is 13.7. The monoisotopic (exact) mass is 337 g/mol. The molecule has 0 amide bonds. The first-order valence-corrected chi connectivity index (χ1v) is 6.82. The molecule has 0 aliphatic carbocycles. The highest BCUT2D eigenvalue weighted by Gasteiger charge is 2.15. The lowest BCUT2D eigenvalue weighted by molar-refractivity contribution is 0.0698. The number of hydrogen-bond donors (Lipinski definition) is 2. The van der Waals surface area contributed by atoms with Gasteiger partial charge in [0.05, 0.1) is 17.3 Å². The molecule has 0 saturated carbocycles. The van der Waals surface area contributed by atoms with Crippen LogP contribution >= 0.6 is 15.9 Å². The van der Waals surface area contributed by atoms with Gasteiger partial charge in [-0.25, -0.2) is 9.18 Å². The molecular weight excluding hydrogens is 325 g/mol. The first-order chi connectivity index (χ1) is 9.49. The summed E-state index contributed by atoms with van der Waals surface area (Å²) in [6.45, 7) is 1.78. The first kappa shape index (κ1) is 14.5. The summed E-state index contributed by atoms with van der Waals surface area (Å²) >= 11 is 3.30. The van der Waals surface area contributed by atoms with E-state index in [-0.39, 0.29) is 17.4 Å². The van der Waals surface area contributed by atoms with Crippen LogP contribution in [0.1, 0.15) is 28.9 Å². The molecule has 0 bridgehead atoms. The van der Waals surface area contributed by atoms with Gasteiger partial charge in [0, 0.05) is 10.0 Å². The van der Waals surface area contributed by atoms with Crippen molar-refractivity contribution in [2.75, 3.05) is 5.32 Å². The van der Waals surface area contributed by atoms with Crippen LogP contribution in [0.3, 0.4) is 0 Å². The normalized spacial score (nSPS) is 11.9. The van der Waals surface area contributed by atoms with Crippen molar-refractivity contribution < 1.29 is 14.3 Å². The molecule has 0 heterocycles. The average molecular weight is 338 g/mol. The van der Waals surface area contributed by atoms with Crippen molar-refractivity contribution in [3.8, 4) is 0 Å². The van der Waals surface area contributed by atoms with Crippen LogP contribution in [0.15, 0.2) is 46.9 Å². The Morgan fingerprint density at radius 2 is 2.00 bits per heavy atom. The summed E-state index contributed by atoms with van der Waals surface area (Å²) < 4.78 is 14.5. The minimum atomic E-state index is -1.03. The number of carbonyl (C=O) groups is 1. The van der Waals surface area contributed by atoms with E-state index in [9.17, 15) is 9.18 Å². The van der Waals surface area contributed by atoms with Crippen molar-refractivity contribution in [1.29, 1.82) is 0 Å². The average Bonchev–Trinajstić information content (AvgIpc) is 2.38. The summed E-state index contributed by atoms with van der Waals surface area (Å²) in [7, 11) is 0. The molecule has 0 aliphatic heterocycles. The number of anilines is 1. The molecule has 0 spiro atoms. The molecule has 0 fully saturated rings. The molecule has 104 valence electrons. The van der Waals surface area contributed by atoms with Crippen LogP contribution in [0.5, 0.6) is 0 Å². The number of carboxylic acid groups (broad SMARTS) is 1. The predicted octanol–water partition coefficient (Wildman–Crippen LogP) is 4.46. The minimum Gasteiger partial charge on any atom is -0.478 e. The van der Waals surface area contributed by atoms with E-state index in [0.717, 1.165) is 4.47 Å². The maximum atomic E-state index is 13.7. The fraction of sp³-hybridized carbons (Fsp3) is 0.133. The van der Waals surface area contributed by atoms with Crippen LogP contribution in [0.25, 0.3) is 0 Å². The number of benzene rings is 2. The van der Waals surface area contributed by atoms with Crippen LogP contribution in [-0.4, -0.2) is 11.1 Å². The second-order valence-electron chi connectivity index (χ2n) is 4.38. The Bertz CT molecular complexity index is 646. The number of halogens is 2. The van der Waals surface area contributed by atoms with Crippen LogP contribution < -0.4 is 5.32 Å². The molecule has 20 heavy (non-hydrogen) atoms. The maximum Gasteiger partial charge on any atom is 0.337 e. The van der Waals surface area contributed by atoms with Gasteiger partial charge in [-0.05, 0) is 31.2 Å². The Morgan fingerprint density at radius 1 is 1.30 bits per heavy atom. The molecule has 5 heteroatoms. The summed E-state index contributed by atoms with van der Waals surface area (Å²) in [5, 5.41) is 12.2. The topological polar surface area (TPSA) is 49.3 Å². The molecule has 2 aromatic carbocycles. The Morgan fingerprint density at radius 3 is 2.65 bits per heavy atom. The fourth-order valence-corrected chi connectivity index (χ4v) is 2.32. The molecule has 0 saturated heterocycles. The summed E-state index contributed by atoms with van der Waals surface area (Å²) in [5.74, 6) is -1.35. The molecule has 0 radical (unpaired) electrons. The van der Waals surface area contributed by atoms with Gasteiger partial charge in [0.15, 0.2) is 0 Å². The van der Waals surface area contributed by atoms with E-state index < -0.39 is 5.97 Å². The van der Waals surface area contributed by atoms with Gasteiger partial charge in [-0.2, -0.15) is 0 Å². The predicted molar refractivity (Wildman–Crippen MR) is 79.5 cm³/mol. The summed E-state index contributed by atoms with van der Waals surface area (Å²) in [4.78, 5) is 11.2. The van der Waals surface area contributed by atoms with Gasteiger partial charge in [-0.1, -0.05) is 34.1 Å². The molecule has 3 nitrogen and oxygen atoms in total. The van der Waals surface area contributed by atoms with Crippen molar-refractivity contribution in [2.24, 2.45) is 0 Å².